The fourth-order valence-electron chi connectivity index (χ4n) is 1.08. The Labute approximate surface area is 114 Å². The molecule has 0 N–H and O–H groups in total. The third-order valence-electron chi connectivity index (χ3n) is 1.60. The molecule has 0 unspecified atom stereocenters. The summed E-state index contributed by atoms with van der Waals surface area (Å²) in [4.78, 5) is 0. The van der Waals surface area contributed by atoms with E-state index >= 15 is 0 Å². The van der Waals surface area contributed by atoms with Crippen LogP contribution in [0.1, 0.15) is 5.56 Å². The maximum Gasteiger partial charge on any atom is 0.130 e. The molecule has 1 aliphatic rings. The molecule has 67 valence electrons. The molecule has 2 rings (SSSR count). The van der Waals surface area contributed by atoms with Crippen LogP contribution in [0, 0.1) is 0 Å². The first-order valence-corrected chi connectivity index (χ1v) is 3.36. The van der Waals surface area contributed by atoms with Gasteiger partial charge in [0.15, 0.2) is 0 Å². The van der Waals surface area contributed by atoms with Crippen LogP contribution in [-0.2, 0) is 44.6 Å². The predicted octanol–water partition coefficient (Wildman–Crippen LogP) is 1.75. The van der Waals surface area contributed by atoms with E-state index < -0.39 is 0 Å². The number of benzene rings is 1. The molecule has 1 aromatic rings. The third kappa shape index (κ3) is 4.03. The van der Waals surface area contributed by atoms with Crippen LogP contribution in [0.3, 0.4) is 0 Å². The maximum atomic E-state index is 5.24. The van der Waals surface area contributed by atoms with E-state index in [0.717, 1.165) is 12.2 Å². The summed E-state index contributed by atoms with van der Waals surface area (Å²) in [5.41, 5.74) is 1.27. The van der Waals surface area contributed by atoms with Gasteiger partial charge in [0, 0.05) is 55.5 Å². The molecule has 1 aliphatic heterocycles. The van der Waals surface area contributed by atoms with E-state index in [1.54, 1.807) is 6.26 Å². The summed E-state index contributed by atoms with van der Waals surface area (Å²) in [7, 11) is 0. The zero-order chi connectivity index (χ0) is 6.81. The van der Waals surface area contributed by atoms with Crippen molar-refractivity contribution in [3.63, 3.8) is 0 Å². The van der Waals surface area contributed by atoms with Gasteiger partial charge in [-0.2, -0.15) is 0 Å². The first kappa shape index (κ1) is 16.0. The second kappa shape index (κ2) is 7.86. The number of allylic oxidation sites excluding steroid dienone is 1. The van der Waals surface area contributed by atoms with Gasteiger partial charge in [-0.15, -0.1) is 0 Å². The van der Waals surface area contributed by atoms with Crippen molar-refractivity contribution < 1.29 is 42.9 Å². The van der Waals surface area contributed by atoms with Crippen LogP contribution in [0.15, 0.2) is 36.6 Å². The van der Waals surface area contributed by atoms with Crippen molar-refractivity contribution in [1.82, 2.24) is 0 Å². The van der Waals surface area contributed by atoms with Gasteiger partial charge in [-0.25, -0.2) is 0 Å². The van der Waals surface area contributed by atoms with Crippen LogP contribution in [0.25, 0.3) is 0 Å². The smallest absolute Gasteiger partial charge is 0.130 e. The molecule has 3 radical (unpaired) electrons. The molecular formula is C9H8AlFeMoO. The van der Waals surface area contributed by atoms with Gasteiger partial charge in [-0.05, 0) is 24.1 Å². The molecular weight excluding hydrogens is 303 g/mol. The Balaban J connectivity index is 0. The topological polar surface area (TPSA) is 9.23 Å². The molecule has 0 atom stereocenters. The van der Waals surface area contributed by atoms with Crippen molar-refractivity contribution in [2.45, 2.75) is 6.42 Å². The number of hydrogen-bond acceptors (Lipinski definition) is 1. The van der Waals surface area contributed by atoms with E-state index in [1.165, 1.54) is 5.56 Å². The minimum absolute atomic E-state index is 0. The average molecular weight is 311 g/mol. The molecule has 0 aliphatic carbocycles. The molecule has 0 bridgehead atoms. The van der Waals surface area contributed by atoms with Gasteiger partial charge in [-0.1, -0.05) is 18.2 Å². The van der Waals surface area contributed by atoms with E-state index in [9.17, 15) is 0 Å². The molecule has 0 saturated heterocycles. The first-order valence-electron chi connectivity index (χ1n) is 3.36. The Kier molecular flexibility index (Phi) is 9.65. The molecule has 0 amide bonds. The summed E-state index contributed by atoms with van der Waals surface area (Å²) >= 11 is 0. The van der Waals surface area contributed by atoms with Gasteiger partial charge in [0.05, 0.1) is 6.26 Å². The number of rotatable bonds is 0. The third-order valence-corrected chi connectivity index (χ3v) is 1.60. The maximum absolute atomic E-state index is 5.24. The molecule has 0 fully saturated rings. The Morgan fingerprint density at radius 2 is 1.85 bits per heavy atom. The molecule has 1 nitrogen and oxygen atoms in total. The minimum atomic E-state index is 0. The fourth-order valence-corrected chi connectivity index (χ4v) is 1.08. The van der Waals surface area contributed by atoms with Gasteiger partial charge < -0.3 is 4.74 Å². The number of hydrogen-bond donors (Lipinski definition) is 0. The minimum Gasteiger partial charge on any atom is -0.465 e. The molecule has 1 heterocycles. The van der Waals surface area contributed by atoms with E-state index in [4.69, 9.17) is 4.74 Å². The van der Waals surface area contributed by atoms with Crippen molar-refractivity contribution in [3.8, 4) is 5.75 Å². The van der Waals surface area contributed by atoms with Gasteiger partial charge >= 0.3 is 0 Å². The van der Waals surface area contributed by atoms with Gasteiger partial charge in [0.25, 0.3) is 0 Å². The largest absolute Gasteiger partial charge is 0.465 e. The summed E-state index contributed by atoms with van der Waals surface area (Å²) in [6.07, 6.45) is 4.75. The van der Waals surface area contributed by atoms with Gasteiger partial charge in [0.1, 0.15) is 5.75 Å². The van der Waals surface area contributed by atoms with Crippen molar-refractivity contribution in [2.75, 3.05) is 0 Å². The SMILES string of the molecule is C1=COc2ccccc2C1.[Al].[Fe].[Mo]. The molecule has 4 heteroatoms. The normalized spacial score (nSPS) is 10.8. The van der Waals surface area contributed by atoms with Crippen LogP contribution < -0.4 is 4.74 Å². The summed E-state index contributed by atoms with van der Waals surface area (Å²) in [6, 6.07) is 8.08. The quantitative estimate of drug-likeness (QED) is 0.663. The van der Waals surface area contributed by atoms with Crippen LogP contribution in [0.4, 0.5) is 0 Å². The molecule has 1 aromatic carbocycles. The standard InChI is InChI=1S/C9H8O.Al.Fe.Mo/c1-2-6-9-8(4-1)5-3-7-10-9;;;/h1-4,6-7H,5H2;;;. The van der Waals surface area contributed by atoms with Crippen molar-refractivity contribution >= 4 is 17.4 Å². The molecule has 0 aromatic heterocycles. The van der Waals surface area contributed by atoms with Crippen LogP contribution in [0.2, 0.25) is 0 Å². The summed E-state index contributed by atoms with van der Waals surface area (Å²) in [5.74, 6) is 0.991. The van der Waals surface area contributed by atoms with Gasteiger partial charge in [0.2, 0.25) is 0 Å². The van der Waals surface area contributed by atoms with Crippen LogP contribution in [0.5, 0.6) is 5.75 Å². The van der Waals surface area contributed by atoms with Crippen LogP contribution in [-0.4, -0.2) is 17.4 Å². The molecule has 0 spiro atoms. The van der Waals surface area contributed by atoms with Crippen molar-refractivity contribution in [3.05, 3.63) is 42.2 Å². The van der Waals surface area contributed by atoms with Crippen LogP contribution >= 0.6 is 0 Å². The fraction of sp³-hybridized carbons (Fsp3) is 0.111. The second-order valence-corrected chi connectivity index (χ2v) is 2.30. The average Bonchev–Trinajstić information content (AvgIpc) is 2.05. The Morgan fingerprint density at radius 3 is 2.54 bits per heavy atom. The number of fused-ring (bicyclic) bond motifs is 1. The first-order chi connectivity index (χ1) is 4.97. The second-order valence-electron chi connectivity index (χ2n) is 2.30. The molecule has 0 saturated carbocycles. The van der Waals surface area contributed by atoms with E-state index in [-0.39, 0.29) is 55.5 Å². The van der Waals surface area contributed by atoms with Crippen molar-refractivity contribution in [2.24, 2.45) is 0 Å². The number of para-hydroxylation sites is 1. The van der Waals surface area contributed by atoms with Gasteiger partial charge in [-0.3, -0.25) is 0 Å². The zero-order valence-corrected chi connectivity index (χ0v) is 11.2. The molecule has 13 heavy (non-hydrogen) atoms. The van der Waals surface area contributed by atoms with E-state index in [0.29, 0.717) is 0 Å². The Hall–Kier alpha value is 0.500. The summed E-state index contributed by atoms with van der Waals surface area (Å²) in [6.45, 7) is 0. The summed E-state index contributed by atoms with van der Waals surface area (Å²) < 4.78 is 5.24. The Bertz CT molecular complexity index is 251. The monoisotopic (exact) mass is 313 g/mol. The predicted molar refractivity (Wildman–Crippen MR) is 45.7 cm³/mol. The van der Waals surface area contributed by atoms with Crippen molar-refractivity contribution in [1.29, 1.82) is 0 Å². The Morgan fingerprint density at radius 1 is 1.15 bits per heavy atom. The number of ether oxygens (including phenoxy) is 1. The van der Waals surface area contributed by atoms with E-state index in [2.05, 4.69) is 6.07 Å². The summed E-state index contributed by atoms with van der Waals surface area (Å²) in [5, 5.41) is 0. The van der Waals surface area contributed by atoms with E-state index in [1.807, 2.05) is 24.3 Å². The zero-order valence-electron chi connectivity index (χ0n) is 6.92.